The van der Waals surface area contributed by atoms with Crippen molar-refractivity contribution in [2.75, 3.05) is 0 Å². The van der Waals surface area contributed by atoms with Gasteiger partial charge >= 0.3 is 11.9 Å². The lowest BCUT2D eigenvalue weighted by atomic mass is 10.2. The monoisotopic (exact) mass is 1010 g/mol. The van der Waals surface area contributed by atoms with Crippen LogP contribution in [0.3, 0.4) is 0 Å². The molecule has 0 heterocycles. The lowest BCUT2D eigenvalue weighted by Crippen LogP contribution is -2.12. The van der Waals surface area contributed by atoms with Crippen LogP contribution >= 0.6 is 113 Å². The fraction of sp³-hybridized carbons (Fsp3) is 0.222. The maximum absolute atomic E-state index is 12.1. The van der Waals surface area contributed by atoms with E-state index in [9.17, 15) is 22.6 Å². The summed E-state index contributed by atoms with van der Waals surface area (Å²) in [4.78, 5) is 23.8. The minimum Gasteiger partial charge on any atom is -0.744 e. The molecule has 0 saturated heterocycles. The third-order valence-electron chi connectivity index (χ3n) is 3.64. The van der Waals surface area contributed by atoms with Gasteiger partial charge in [0.25, 0.3) is 0 Å². The molecule has 0 bridgehead atoms. The van der Waals surface area contributed by atoms with Gasteiger partial charge in [-0.25, -0.2) is 8.42 Å². The minimum absolute atomic E-state index is 0.0840. The number of unbranched alkanes of at least 4 members (excludes halogenated alkanes) is 1. The van der Waals surface area contributed by atoms with Gasteiger partial charge in [-0.2, -0.15) is 0 Å². The fourth-order valence-corrected chi connectivity index (χ4v) is 10.1. The molecule has 0 unspecified atom stereocenters. The topological polar surface area (TPSA) is 110 Å². The van der Waals surface area contributed by atoms with Crippen LogP contribution in [-0.2, 0) is 19.7 Å². The van der Waals surface area contributed by atoms with E-state index in [1.165, 1.54) is 12.1 Å². The lowest BCUT2D eigenvalue weighted by Gasteiger charge is -2.13. The molecule has 0 spiro atoms. The largest absolute Gasteiger partial charge is 0.744 e. The number of carbonyl (C=O) groups is 2. The van der Waals surface area contributed by atoms with E-state index in [0.29, 0.717) is 18.6 Å². The SMILES string of the molecule is O=C(CCCCC(=O)Oc1c(I)cc(I)cc1I)Oc1cc(I)c(S(=O)(=O)[O-])c(I)c1. The Labute approximate surface area is 247 Å². The van der Waals surface area contributed by atoms with Crippen molar-refractivity contribution in [2.24, 2.45) is 0 Å². The van der Waals surface area contributed by atoms with Crippen molar-refractivity contribution in [3.63, 3.8) is 0 Å². The molecule has 0 atom stereocenters. The molecule has 13 heteroatoms. The average Bonchev–Trinajstić information content (AvgIpc) is 2.60. The smallest absolute Gasteiger partial charge is 0.311 e. The summed E-state index contributed by atoms with van der Waals surface area (Å²) in [5, 5.41) is 0. The highest BCUT2D eigenvalue weighted by Gasteiger charge is 2.16. The molecular weight excluding hydrogens is 995 g/mol. The Hall–Kier alpha value is 0.940. The van der Waals surface area contributed by atoms with Gasteiger partial charge in [0.05, 0.1) is 12.0 Å². The Morgan fingerprint density at radius 2 is 1.23 bits per heavy atom. The van der Waals surface area contributed by atoms with Crippen molar-refractivity contribution in [1.82, 2.24) is 0 Å². The highest BCUT2D eigenvalue weighted by Crippen LogP contribution is 2.31. The van der Waals surface area contributed by atoms with E-state index in [2.05, 4.69) is 67.8 Å². The number of benzene rings is 2. The predicted molar refractivity (Wildman–Crippen MR) is 154 cm³/mol. The normalized spacial score (nSPS) is 11.3. The van der Waals surface area contributed by atoms with Crippen LogP contribution in [0.25, 0.3) is 0 Å². The van der Waals surface area contributed by atoms with Crippen molar-refractivity contribution in [1.29, 1.82) is 0 Å². The molecule has 0 aliphatic rings. The summed E-state index contributed by atoms with van der Waals surface area (Å²) in [5.74, 6) is -0.185. The fourth-order valence-electron chi connectivity index (χ4n) is 2.35. The average molecular weight is 1010 g/mol. The number of ether oxygens (including phenoxy) is 2. The quantitative estimate of drug-likeness (QED) is 0.110. The van der Waals surface area contributed by atoms with Gasteiger partial charge in [-0.05, 0) is 150 Å². The number of carbonyl (C=O) groups excluding carboxylic acids is 2. The van der Waals surface area contributed by atoms with Crippen molar-refractivity contribution in [3.8, 4) is 11.5 Å². The van der Waals surface area contributed by atoms with Gasteiger partial charge < -0.3 is 14.0 Å². The number of esters is 2. The summed E-state index contributed by atoms with van der Waals surface area (Å²) < 4.78 is 47.7. The zero-order valence-electron chi connectivity index (χ0n) is 15.3. The van der Waals surface area contributed by atoms with E-state index >= 15 is 0 Å². The molecule has 2 aromatic rings. The molecule has 168 valence electrons. The van der Waals surface area contributed by atoms with Crippen LogP contribution in [0.4, 0.5) is 0 Å². The maximum atomic E-state index is 12.1. The number of hydrogen-bond donors (Lipinski definition) is 0. The Morgan fingerprint density at radius 3 is 1.68 bits per heavy atom. The molecule has 0 fully saturated rings. The first-order valence-electron chi connectivity index (χ1n) is 8.39. The molecule has 0 aliphatic carbocycles. The van der Waals surface area contributed by atoms with Crippen LogP contribution in [0.15, 0.2) is 29.2 Å². The van der Waals surface area contributed by atoms with Crippen LogP contribution in [-0.4, -0.2) is 24.9 Å². The van der Waals surface area contributed by atoms with Crippen molar-refractivity contribution in [3.05, 3.63) is 42.1 Å². The highest BCUT2D eigenvalue weighted by molar-refractivity contribution is 14.1. The van der Waals surface area contributed by atoms with E-state index in [1.807, 2.05) is 12.1 Å². The molecular formula is C18H12I5O7S-. The Morgan fingerprint density at radius 1 is 0.774 bits per heavy atom. The van der Waals surface area contributed by atoms with Crippen LogP contribution in [0.5, 0.6) is 11.5 Å². The summed E-state index contributed by atoms with van der Waals surface area (Å²) in [5.41, 5.74) is 0. The molecule has 7 nitrogen and oxygen atoms in total. The van der Waals surface area contributed by atoms with Gasteiger partial charge in [-0.1, -0.05) is 0 Å². The van der Waals surface area contributed by atoms with Gasteiger partial charge in [0.15, 0.2) is 5.75 Å². The maximum Gasteiger partial charge on any atom is 0.311 e. The van der Waals surface area contributed by atoms with Crippen molar-refractivity contribution >= 4 is 135 Å². The van der Waals surface area contributed by atoms with E-state index < -0.39 is 16.1 Å². The lowest BCUT2D eigenvalue weighted by molar-refractivity contribution is -0.136. The molecule has 2 rings (SSSR count). The summed E-state index contributed by atoms with van der Waals surface area (Å²) >= 11 is 9.86. The minimum atomic E-state index is -4.62. The zero-order valence-corrected chi connectivity index (χ0v) is 26.9. The summed E-state index contributed by atoms with van der Waals surface area (Å²) in [6.07, 6.45) is 1.13. The second-order valence-corrected chi connectivity index (χ2v) is 13.2. The van der Waals surface area contributed by atoms with Gasteiger partial charge in [0, 0.05) is 23.6 Å². The summed E-state index contributed by atoms with van der Waals surface area (Å²) in [7, 11) is -4.62. The molecule has 0 aliphatic heterocycles. The highest BCUT2D eigenvalue weighted by atomic mass is 127. The van der Waals surface area contributed by atoms with Crippen molar-refractivity contribution in [2.45, 2.75) is 30.6 Å². The van der Waals surface area contributed by atoms with E-state index in [-0.39, 0.29) is 36.6 Å². The Bertz CT molecular complexity index is 1070. The standard InChI is InChI=1S/C18H13I5O7S/c19-9-5-11(20)17(12(21)6-9)30-16(25)4-2-1-3-15(24)29-10-7-13(22)18(14(23)8-10)31(26,27)28/h5-8H,1-4H2,(H,26,27,28)/p-1. The van der Waals surface area contributed by atoms with E-state index in [0.717, 1.165) is 10.7 Å². The first-order valence-corrected chi connectivity index (χ1v) is 15.2. The van der Waals surface area contributed by atoms with Crippen LogP contribution in [0.1, 0.15) is 25.7 Å². The first kappa shape index (κ1) is 28.2. The molecule has 0 amide bonds. The number of halogens is 5. The molecule has 2 aromatic carbocycles. The molecule has 0 saturated carbocycles. The third kappa shape index (κ3) is 8.91. The van der Waals surface area contributed by atoms with Crippen molar-refractivity contribution < 1.29 is 32.0 Å². The van der Waals surface area contributed by atoms with Crippen LogP contribution in [0.2, 0.25) is 0 Å². The predicted octanol–water partition coefficient (Wildman–Crippen LogP) is 5.69. The zero-order chi connectivity index (χ0) is 23.3. The first-order chi connectivity index (χ1) is 14.4. The van der Waals surface area contributed by atoms with Gasteiger partial charge in [0.1, 0.15) is 15.9 Å². The number of rotatable bonds is 8. The summed E-state index contributed by atoms with van der Waals surface area (Å²) in [6.45, 7) is 0. The second kappa shape index (κ2) is 12.6. The second-order valence-electron chi connectivity index (χ2n) is 6.02. The molecule has 0 radical (unpaired) electrons. The molecule has 31 heavy (non-hydrogen) atoms. The molecule has 0 aromatic heterocycles. The van der Waals surface area contributed by atoms with Gasteiger partial charge in [0.2, 0.25) is 0 Å². The number of hydrogen-bond acceptors (Lipinski definition) is 7. The van der Waals surface area contributed by atoms with E-state index in [4.69, 9.17) is 9.47 Å². The van der Waals surface area contributed by atoms with Crippen LogP contribution in [0, 0.1) is 17.9 Å². The molecule has 0 N–H and O–H groups in total. The van der Waals surface area contributed by atoms with E-state index in [1.54, 1.807) is 45.2 Å². The van der Waals surface area contributed by atoms with Crippen LogP contribution < -0.4 is 9.47 Å². The Kier molecular flexibility index (Phi) is 11.4. The summed E-state index contributed by atoms with van der Waals surface area (Å²) in [6, 6.07) is 6.49. The third-order valence-corrected chi connectivity index (χ3v) is 9.24. The Balaban J connectivity index is 1.83. The van der Waals surface area contributed by atoms with Gasteiger partial charge in [-0.3, -0.25) is 9.59 Å². The van der Waals surface area contributed by atoms with Gasteiger partial charge in [-0.15, -0.1) is 0 Å².